The Labute approximate surface area is 245 Å². The molecule has 3 aromatic heterocycles. The van der Waals surface area contributed by atoms with E-state index in [1.54, 1.807) is 30.5 Å². The molecule has 0 radical (unpaired) electrons. The molecule has 0 unspecified atom stereocenters. The molecule has 2 amide bonds. The summed E-state index contributed by atoms with van der Waals surface area (Å²) in [6.45, 7) is 0. The number of carbonyl (C=O) groups is 2. The molecule has 9 heteroatoms. The van der Waals surface area contributed by atoms with Crippen molar-refractivity contribution in [3.05, 3.63) is 78.1 Å². The van der Waals surface area contributed by atoms with E-state index in [9.17, 15) is 9.59 Å². The zero-order valence-corrected chi connectivity index (χ0v) is 23.8. The number of fused-ring (bicyclic) bond motifs is 3. The molecule has 216 valence electrons. The van der Waals surface area contributed by atoms with Gasteiger partial charge in [0, 0.05) is 41.5 Å². The molecular formula is C33H37N7O2. The average Bonchev–Trinajstić information content (AvgIpc) is 3.42. The number of nitrogens with two attached hydrogens (primary N) is 1. The maximum atomic E-state index is 12.8. The number of pyridine rings is 2. The molecule has 1 aliphatic heterocycles. The van der Waals surface area contributed by atoms with Crippen molar-refractivity contribution in [3.63, 3.8) is 0 Å². The fraction of sp³-hybridized carbons (Fsp3) is 0.364. The fourth-order valence-corrected chi connectivity index (χ4v) is 6.15. The first kappa shape index (κ1) is 27.6. The van der Waals surface area contributed by atoms with Crippen LogP contribution in [0.3, 0.4) is 0 Å². The van der Waals surface area contributed by atoms with Crippen molar-refractivity contribution in [2.75, 3.05) is 11.1 Å². The number of hydrogen-bond acceptors (Lipinski definition) is 6. The Kier molecular flexibility index (Phi) is 8.26. The summed E-state index contributed by atoms with van der Waals surface area (Å²) in [5.74, 6) is 0.854. The second-order valence-corrected chi connectivity index (χ2v) is 11.3. The van der Waals surface area contributed by atoms with Crippen LogP contribution in [-0.4, -0.2) is 37.6 Å². The van der Waals surface area contributed by atoms with E-state index in [0.29, 0.717) is 23.6 Å². The number of nitrogens with one attached hydrogen (secondary N) is 2. The number of nitrogens with zero attached hydrogens (tertiary/aromatic N) is 4. The molecule has 4 heterocycles. The summed E-state index contributed by atoms with van der Waals surface area (Å²) in [7, 11) is 0. The number of amides is 2. The lowest BCUT2D eigenvalue weighted by atomic mass is 9.90. The van der Waals surface area contributed by atoms with Gasteiger partial charge in [0.05, 0.1) is 16.9 Å². The summed E-state index contributed by atoms with van der Waals surface area (Å²) in [5, 5.41) is 12.1. The highest BCUT2D eigenvalue weighted by Crippen LogP contribution is 2.38. The van der Waals surface area contributed by atoms with Crippen LogP contribution in [0.2, 0.25) is 0 Å². The third-order valence-corrected chi connectivity index (χ3v) is 8.29. The minimum atomic E-state index is -0.231. The number of hydrogen-bond donors (Lipinski definition) is 3. The summed E-state index contributed by atoms with van der Waals surface area (Å²) < 4.78 is 2.14. The number of aromatic nitrogens is 4. The predicted octanol–water partition coefficient (Wildman–Crippen LogP) is 5.99. The van der Waals surface area contributed by atoms with Crippen LogP contribution in [0.4, 0.5) is 11.6 Å². The lowest BCUT2D eigenvalue weighted by molar-refractivity contribution is -0.122. The summed E-state index contributed by atoms with van der Waals surface area (Å²) in [6.07, 6.45) is 17.1. The lowest BCUT2D eigenvalue weighted by Crippen LogP contribution is -2.39. The molecule has 1 aromatic carbocycles. The topological polar surface area (TPSA) is 128 Å². The predicted molar refractivity (Wildman–Crippen MR) is 165 cm³/mol. The van der Waals surface area contributed by atoms with E-state index in [1.807, 2.05) is 24.4 Å². The zero-order valence-electron chi connectivity index (χ0n) is 23.8. The largest absolute Gasteiger partial charge is 0.383 e. The van der Waals surface area contributed by atoms with Crippen molar-refractivity contribution in [2.45, 2.75) is 76.3 Å². The highest BCUT2D eigenvalue weighted by molar-refractivity contribution is 6.05. The van der Waals surface area contributed by atoms with Gasteiger partial charge in [-0.15, -0.1) is 0 Å². The smallest absolute Gasteiger partial charge is 0.256 e. The Balaban J connectivity index is 1.38. The Bertz CT molecular complexity index is 1590. The van der Waals surface area contributed by atoms with Crippen LogP contribution < -0.4 is 16.4 Å². The Morgan fingerprint density at radius 3 is 2.71 bits per heavy atom. The highest BCUT2D eigenvalue weighted by Gasteiger charge is 2.29. The number of anilines is 2. The molecule has 4 aromatic rings. The normalized spacial score (nSPS) is 20.5. The molecule has 9 nitrogen and oxygen atoms in total. The number of carbonyl (C=O) groups excluding carboxylic acids is 2. The third-order valence-electron chi connectivity index (χ3n) is 8.29. The van der Waals surface area contributed by atoms with Gasteiger partial charge in [-0.05, 0) is 75.6 Å². The molecule has 0 saturated heterocycles. The molecule has 0 spiro atoms. The van der Waals surface area contributed by atoms with Gasteiger partial charge in [-0.1, -0.05) is 36.8 Å². The molecule has 4 N–H and O–H groups in total. The van der Waals surface area contributed by atoms with Gasteiger partial charge in [-0.3, -0.25) is 14.3 Å². The van der Waals surface area contributed by atoms with E-state index in [-0.39, 0.29) is 23.9 Å². The monoisotopic (exact) mass is 563 g/mol. The van der Waals surface area contributed by atoms with E-state index in [2.05, 4.69) is 37.4 Å². The van der Waals surface area contributed by atoms with Gasteiger partial charge >= 0.3 is 0 Å². The maximum absolute atomic E-state index is 12.8. The first-order valence-corrected chi connectivity index (χ1v) is 15.0. The van der Waals surface area contributed by atoms with Crippen molar-refractivity contribution in [1.29, 1.82) is 0 Å². The zero-order chi connectivity index (χ0) is 28.9. The van der Waals surface area contributed by atoms with E-state index in [1.165, 1.54) is 0 Å². The van der Waals surface area contributed by atoms with Crippen molar-refractivity contribution >= 4 is 34.4 Å². The summed E-state index contributed by atoms with van der Waals surface area (Å²) in [5.41, 5.74) is 10.8. The molecule has 2 aliphatic rings. The van der Waals surface area contributed by atoms with Crippen LogP contribution in [0, 0.1) is 0 Å². The SMILES string of the molecule is Nc1ncc2c3c1c(-c1ccc(C(=O)Nc4ccccn4)cc1)nn3[C@@H]1CCC[C@H](C1)NC(=O)CCCCC/C=C/C2. The van der Waals surface area contributed by atoms with Crippen molar-refractivity contribution in [2.24, 2.45) is 0 Å². The van der Waals surface area contributed by atoms with Crippen LogP contribution >= 0.6 is 0 Å². The average molecular weight is 564 g/mol. The van der Waals surface area contributed by atoms with Crippen LogP contribution in [-0.2, 0) is 11.2 Å². The first-order chi connectivity index (χ1) is 20.6. The number of benzene rings is 1. The van der Waals surface area contributed by atoms with Crippen LogP contribution in [0.5, 0.6) is 0 Å². The maximum Gasteiger partial charge on any atom is 0.256 e. The standard InChI is InChI=1S/C33H37N7O2/c34-32-29-30(22-15-17-23(18-16-22)33(42)38-27-13-7-8-19-35-27)39-40-26-12-9-11-25(20-26)37-28(41)14-6-4-2-1-3-5-10-24(21-36-32)31(29)40/h3,5,7-8,13,15-19,21,25-26H,1-2,4,6,9-12,14,20H2,(H2,34,36)(H,37,41)(H,35,38,42)/b5-3+/t25-,26-/m1/s1. The molecule has 42 heavy (non-hydrogen) atoms. The molecule has 1 aliphatic carbocycles. The van der Waals surface area contributed by atoms with Gasteiger partial charge in [-0.2, -0.15) is 5.10 Å². The van der Waals surface area contributed by atoms with Crippen molar-refractivity contribution in [3.8, 4) is 11.3 Å². The quantitative estimate of drug-likeness (QED) is 0.263. The summed E-state index contributed by atoms with van der Waals surface area (Å²) >= 11 is 0. The van der Waals surface area contributed by atoms with Crippen LogP contribution in [0.1, 0.15) is 79.8 Å². The lowest BCUT2D eigenvalue weighted by Gasteiger charge is -2.30. The molecule has 2 bridgehead atoms. The van der Waals surface area contributed by atoms with Gasteiger partial charge in [0.25, 0.3) is 5.91 Å². The summed E-state index contributed by atoms with van der Waals surface area (Å²) in [4.78, 5) is 34.3. The van der Waals surface area contributed by atoms with E-state index < -0.39 is 0 Å². The Morgan fingerprint density at radius 2 is 1.88 bits per heavy atom. The van der Waals surface area contributed by atoms with Crippen LogP contribution in [0.15, 0.2) is 67.0 Å². The minimum Gasteiger partial charge on any atom is -0.383 e. The van der Waals surface area contributed by atoms with Gasteiger partial charge in [0.2, 0.25) is 5.91 Å². The van der Waals surface area contributed by atoms with Gasteiger partial charge in [0.15, 0.2) is 0 Å². The van der Waals surface area contributed by atoms with Gasteiger partial charge < -0.3 is 16.4 Å². The third kappa shape index (κ3) is 6.05. The van der Waals surface area contributed by atoms with Gasteiger partial charge in [0.1, 0.15) is 17.3 Å². The highest BCUT2D eigenvalue weighted by atomic mass is 16.2. The molecule has 2 atom stereocenters. The number of allylic oxidation sites excluding steroid dienone is 2. The number of rotatable bonds is 3. The number of nitrogen functional groups attached to an aromatic ring is 1. The minimum absolute atomic E-state index is 0.126. The first-order valence-electron chi connectivity index (χ1n) is 15.0. The summed E-state index contributed by atoms with van der Waals surface area (Å²) in [6, 6.07) is 13.0. The Morgan fingerprint density at radius 1 is 1.00 bits per heavy atom. The van der Waals surface area contributed by atoms with Crippen molar-refractivity contribution < 1.29 is 9.59 Å². The van der Waals surface area contributed by atoms with E-state index >= 15 is 0 Å². The van der Waals surface area contributed by atoms with Crippen LogP contribution in [0.25, 0.3) is 22.2 Å². The second kappa shape index (κ2) is 12.5. The second-order valence-electron chi connectivity index (χ2n) is 11.3. The van der Waals surface area contributed by atoms with Gasteiger partial charge in [-0.25, -0.2) is 9.97 Å². The molecule has 6 rings (SSSR count). The Hall–Kier alpha value is -4.53. The molecule has 1 fully saturated rings. The fourth-order valence-electron chi connectivity index (χ4n) is 6.15. The molecular weight excluding hydrogens is 526 g/mol. The van der Waals surface area contributed by atoms with Crippen molar-refractivity contribution in [1.82, 2.24) is 25.1 Å². The van der Waals surface area contributed by atoms with E-state index in [0.717, 1.165) is 85.5 Å². The molecule has 1 saturated carbocycles. The van der Waals surface area contributed by atoms with E-state index in [4.69, 9.17) is 10.8 Å².